The normalized spacial score (nSPS) is 16.1. The Hall–Kier alpha value is -3.48. The van der Waals surface area contributed by atoms with Gasteiger partial charge in [-0.1, -0.05) is 12.1 Å². The van der Waals surface area contributed by atoms with Gasteiger partial charge in [0.1, 0.15) is 5.69 Å². The monoisotopic (exact) mass is 418 g/mol. The van der Waals surface area contributed by atoms with Gasteiger partial charge in [0, 0.05) is 45.6 Å². The van der Waals surface area contributed by atoms with E-state index >= 15 is 0 Å². The first-order valence-corrected chi connectivity index (χ1v) is 10.5. The molecule has 4 heterocycles. The molecule has 2 aromatic rings. The van der Waals surface area contributed by atoms with Crippen LogP contribution in [0.3, 0.4) is 0 Å². The van der Waals surface area contributed by atoms with Crippen LogP contribution in [-0.2, 0) is 17.9 Å². The highest BCUT2D eigenvalue weighted by Gasteiger charge is 2.21. The van der Waals surface area contributed by atoms with Crippen molar-refractivity contribution in [1.29, 1.82) is 0 Å². The van der Waals surface area contributed by atoms with Crippen LogP contribution < -0.4 is 10.6 Å². The maximum Gasteiger partial charge on any atom is 0.269 e. The molecule has 0 radical (unpaired) electrons. The Kier molecular flexibility index (Phi) is 6.11. The molecule has 0 saturated heterocycles. The summed E-state index contributed by atoms with van der Waals surface area (Å²) < 4.78 is 0. The van der Waals surface area contributed by atoms with E-state index in [1.54, 1.807) is 19.3 Å². The Bertz CT molecular complexity index is 1060. The fraction of sp³-hybridized carbons (Fsp3) is 0.348. The fourth-order valence-corrected chi connectivity index (χ4v) is 3.90. The summed E-state index contributed by atoms with van der Waals surface area (Å²) in [5.41, 5.74) is 5.66. The molecule has 2 N–H and O–H groups in total. The Morgan fingerprint density at radius 2 is 2.16 bits per heavy atom. The summed E-state index contributed by atoms with van der Waals surface area (Å²) in [7, 11) is 1.60. The average molecular weight is 419 g/mol. The summed E-state index contributed by atoms with van der Waals surface area (Å²) in [6, 6.07) is 5.79. The predicted molar refractivity (Wildman–Crippen MR) is 119 cm³/mol. The van der Waals surface area contributed by atoms with Crippen molar-refractivity contribution in [3.63, 3.8) is 0 Å². The van der Waals surface area contributed by atoms with Crippen molar-refractivity contribution >= 4 is 23.1 Å². The van der Waals surface area contributed by atoms with Crippen LogP contribution in [0.5, 0.6) is 0 Å². The highest BCUT2D eigenvalue weighted by Crippen LogP contribution is 2.27. The molecule has 31 heavy (non-hydrogen) atoms. The van der Waals surface area contributed by atoms with Gasteiger partial charge >= 0.3 is 0 Å². The molecule has 0 unspecified atom stereocenters. The van der Waals surface area contributed by atoms with E-state index in [4.69, 9.17) is 0 Å². The maximum atomic E-state index is 11.6. The summed E-state index contributed by atoms with van der Waals surface area (Å²) in [5.74, 6) is 2.28. The number of carbonyl (C=O) groups is 1. The molecular weight excluding hydrogens is 392 g/mol. The van der Waals surface area contributed by atoms with Gasteiger partial charge in [0.25, 0.3) is 5.91 Å². The minimum atomic E-state index is -0.179. The second-order valence-corrected chi connectivity index (χ2v) is 7.65. The Labute approximate surface area is 181 Å². The zero-order chi connectivity index (χ0) is 21.8. The number of aromatic nitrogens is 2. The average Bonchev–Trinajstić information content (AvgIpc) is 2.83. The summed E-state index contributed by atoms with van der Waals surface area (Å²) in [6.07, 6.45) is 6.82. The number of nitrogens with one attached hydrogen (secondary N) is 2. The zero-order valence-electron chi connectivity index (χ0n) is 17.8. The lowest BCUT2D eigenvalue weighted by molar-refractivity contribution is 0.0958. The lowest BCUT2D eigenvalue weighted by atomic mass is 10.0. The summed E-state index contributed by atoms with van der Waals surface area (Å²) in [6.45, 7) is 5.90. The van der Waals surface area contributed by atoms with E-state index in [1.807, 2.05) is 30.0 Å². The van der Waals surface area contributed by atoms with Crippen LogP contribution in [0.2, 0.25) is 0 Å². The number of pyridine rings is 2. The lowest BCUT2D eigenvalue weighted by Gasteiger charge is -2.31. The van der Waals surface area contributed by atoms with Crippen LogP contribution in [0.1, 0.15) is 40.7 Å². The van der Waals surface area contributed by atoms with E-state index in [0.29, 0.717) is 18.1 Å². The second kappa shape index (κ2) is 9.12. The van der Waals surface area contributed by atoms with E-state index in [0.717, 1.165) is 55.1 Å². The topological polar surface area (TPSA) is 90.5 Å². The molecule has 8 nitrogen and oxygen atoms in total. The summed E-state index contributed by atoms with van der Waals surface area (Å²) in [4.78, 5) is 36.0. The molecule has 1 amide bonds. The molecule has 4 rings (SSSR count). The van der Waals surface area contributed by atoms with Crippen LogP contribution in [0.4, 0.5) is 5.69 Å². The third kappa shape index (κ3) is 4.50. The van der Waals surface area contributed by atoms with E-state index in [2.05, 4.69) is 37.6 Å². The van der Waals surface area contributed by atoms with E-state index in [1.165, 1.54) is 5.57 Å². The molecule has 0 atom stereocenters. The molecule has 2 aliphatic heterocycles. The number of anilines is 1. The number of nitrogens with zero attached hydrogens (tertiary/aromatic N) is 4. The van der Waals surface area contributed by atoms with Gasteiger partial charge in [-0.2, -0.15) is 0 Å². The Morgan fingerprint density at radius 1 is 1.29 bits per heavy atom. The van der Waals surface area contributed by atoms with Gasteiger partial charge in [-0.05, 0) is 42.2 Å². The van der Waals surface area contributed by atoms with Gasteiger partial charge in [0.15, 0.2) is 11.8 Å². The van der Waals surface area contributed by atoms with Crippen molar-refractivity contribution in [2.45, 2.75) is 26.4 Å². The minimum Gasteiger partial charge on any atom is -0.354 e. The van der Waals surface area contributed by atoms with Crippen LogP contribution in [-0.4, -0.2) is 58.3 Å². The number of hydrogen-bond donors (Lipinski definition) is 2. The van der Waals surface area contributed by atoms with Gasteiger partial charge < -0.3 is 15.5 Å². The van der Waals surface area contributed by atoms with Crippen LogP contribution in [0.25, 0.3) is 5.57 Å². The van der Waals surface area contributed by atoms with Gasteiger partial charge in [-0.3, -0.25) is 19.7 Å². The molecule has 0 aromatic carbocycles. The van der Waals surface area contributed by atoms with E-state index < -0.39 is 0 Å². The molecule has 0 aliphatic carbocycles. The molecule has 0 fully saturated rings. The van der Waals surface area contributed by atoms with Crippen molar-refractivity contribution < 1.29 is 9.59 Å². The molecule has 2 aliphatic rings. The first kappa shape index (κ1) is 20.8. The standard InChI is InChI=1S/C23H26N6O2/c1-3-29-14-21-20(27-22(29)15-30)10-16(11-25-21)13-28-8-6-17(7-9-28)18-4-5-19(26-12-18)23(31)24-2/h4-6,10-12,27H,3,7-9,13-14H2,1-2H3,(H,24,31). The quantitative estimate of drug-likeness (QED) is 0.718. The number of hydrogen-bond acceptors (Lipinski definition) is 7. The third-order valence-electron chi connectivity index (χ3n) is 5.71. The molecule has 160 valence electrons. The van der Waals surface area contributed by atoms with Crippen LogP contribution in [0, 0.1) is 0 Å². The van der Waals surface area contributed by atoms with Gasteiger partial charge in [0.2, 0.25) is 0 Å². The first-order chi connectivity index (χ1) is 15.1. The minimum absolute atomic E-state index is 0.179. The number of carbonyl (C=O) groups excluding carboxylic acids is 2. The van der Waals surface area contributed by atoms with Crippen molar-refractivity contribution in [3.8, 4) is 0 Å². The zero-order valence-corrected chi connectivity index (χ0v) is 17.8. The smallest absolute Gasteiger partial charge is 0.269 e. The summed E-state index contributed by atoms with van der Waals surface area (Å²) >= 11 is 0. The van der Waals surface area contributed by atoms with Gasteiger partial charge in [-0.25, -0.2) is 4.79 Å². The molecule has 0 bridgehead atoms. The Balaban J connectivity index is 1.40. The fourth-order valence-electron chi connectivity index (χ4n) is 3.90. The van der Waals surface area contributed by atoms with Crippen LogP contribution in [0.15, 0.2) is 42.5 Å². The molecule has 0 spiro atoms. The number of rotatable bonds is 5. The lowest BCUT2D eigenvalue weighted by Crippen LogP contribution is -2.33. The highest BCUT2D eigenvalue weighted by molar-refractivity contribution is 5.92. The molecular formula is C23H26N6O2. The largest absolute Gasteiger partial charge is 0.354 e. The van der Waals surface area contributed by atoms with Gasteiger partial charge in [0.05, 0.1) is 17.9 Å². The number of fused-ring (bicyclic) bond motifs is 1. The SMILES string of the molecule is CCN1Cc2ncc(CN3CC=C(c4ccc(C(=O)NC)nc4)CC3)cc2NC1=C=O. The van der Waals surface area contributed by atoms with Gasteiger partial charge in [-0.15, -0.1) is 0 Å². The predicted octanol–water partition coefficient (Wildman–Crippen LogP) is 2.05. The van der Waals surface area contributed by atoms with Crippen LogP contribution >= 0.6 is 0 Å². The third-order valence-corrected chi connectivity index (χ3v) is 5.71. The summed E-state index contributed by atoms with van der Waals surface area (Å²) in [5, 5.41) is 5.75. The van der Waals surface area contributed by atoms with E-state index in [-0.39, 0.29) is 5.91 Å². The number of amides is 1. The van der Waals surface area contributed by atoms with Crippen molar-refractivity contribution in [1.82, 2.24) is 25.1 Å². The highest BCUT2D eigenvalue weighted by atomic mass is 16.1. The van der Waals surface area contributed by atoms with E-state index in [9.17, 15) is 9.59 Å². The Morgan fingerprint density at radius 3 is 2.81 bits per heavy atom. The van der Waals surface area contributed by atoms with Crippen molar-refractivity contribution in [2.24, 2.45) is 0 Å². The molecule has 0 saturated carbocycles. The maximum absolute atomic E-state index is 11.6. The van der Waals surface area contributed by atoms with Crippen molar-refractivity contribution in [2.75, 3.05) is 32.0 Å². The molecule has 2 aromatic heterocycles. The molecule has 8 heteroatoms. The van der Waals surface area contributed by atoms with Crippen molar-refractivity contribution in [3.05, 3.63) is 65.0 Å². The second-order valence-electron chi connectivity index (χ2n) is 7.65. The first-order valence-electron chi connectivity index (χ1n) is 10.5.